The van der Waals surface area contributed by atoms with Crippen LogP contribution in [0.15, 0.2) is 35.9 Å². The fourth-order valence-corrected chi connectivity index (χ4v) is 3.03. The number of hydrogen-bond donors (Lipinski definition) is 2. The Morgan fingerprint density at radius 2 is 1.92 bits per heavy atom. The van der Waals surface area contributed by atoms with E-state index in [1.54, 1.807) is 11.9 Å². The fourth-order valence-electron chi connectivity index (χ4n) is 3.03. The third kappa shape index (κ3) is 6.64. The van der Waals surface area contributed by atoms with Crippen LogP contribution in [-0.4, -0.2) is 42.9 Å². The summed E-state index contributed by atoms with van der Waals surface area (Å²) in [6.07, 6.45) is 8.09. The Kier molecular flexibility index (Phi) is 7.85. The molecule has 142 valence electrons. The first-order valence-corrected chi connectivity index (χ1v) is 9.48. The van der Waals surface area contributed by atoms with Crippen molar-refractivity contribution in [3.63, 3.8) is 0 Å². The second kappa shape index (κ2) is 10.1. The molecular weight excluding hydrogens is 326 g/mol. The van der Waals surface area contributed by atoms with Crippen molar-refractivity contribution in [3.8, 4) is 0 Å². The van der Waals surface area contributed by atoms with E-state index in [2.05, 4.69) is 16.7 Å². The van der Waals surface area contributed by atoms with E-state index in [1.165, 1.54) is 24.8 Å². The van der Waals surface area contributed by atoms with Gasteiger partial charge >= 0.3 is 0 Å². The van der Waals surface area contributed by atoms with E-state index in [0.29, 0.717) is 6.54 Å². The zero-order valence-electron chi connectivity index (χ0n) is 16.2. The fraction of sp³-hybridized carbons (Fsp3) is 0.524. The van der Waals surface area contributed by atoms with Gasteiger partial charge in [0, 0.05) is 12.2 Å². The molecule has 0 bridgehead atoms. The van der Waals surface area contributed by atoms with Gasteiger partial charge in [-0.3, -0.25) is 14.5 Å². The van der Waals surface area contributed by atoms with Crippen LogP contribution >= 0.6 is 0 Å². The molecule has 1 atom stereocenters. The van der Waals surface area contributed by atoms with Gasteiger partial charge in [-0.05, 0) is 65.1 Å². The second-order valence-electron chi connectivity index (χ2n) is 7.15. The van der Waals surface area contributed by atoms with Gasteiger partial charge in [0.2, 0.25) is 11.8 Å². The SMILES string of the molecule is Cc1ccc(NC(=O)CN(C)[C@H](C)C(=O)NCCC2=CCCCC2)cc1. The Bertz CT molecular complexity index is 637. The van der Waals surface area contributed by atoms with Crippen LogP contribution in [0.5, 0.6) is 0 Å². The first-order chi connectivity index (χ1) is 12.5. The van der Waals surface area contributed by atoms with Gasteiger partial charge in [0.05, 0.1) is 12.6 Å². The van der Waals surface area contributed by atoms with Crippen LogP contribution in [-0.2, 0) is 9.59 Å². The maximum atomic E-state index is 12.3. The molecule has 0 aromatic heterocycles. The highest BCUT2D eigenvalue weighted by Crippen LogP contribution is 2.19. The van der Waals surface area contributed by atoms with Crippen LogP contribution in [0, 0.1) is 6.92 Å². The number of nitrogens with one attached hydrogen (secondary N) is 2. The molecule has 5 nitrogen and oxygen atoms in total. The average Bonchev–Trinajstić information content (AvgIpc) is 2.63. The largest absolute Gasteiger partial charge is 0.354 e. The summed E-state index contributed by atoms with van der Waals surface area (Å²) in [7, 11) is 1.79. The molecule has 2 rings (SSSR count). The van der Waals surface area contributed by atoms with Crippen molar-refractivity contribution in [2.45, 2.75) is 52.0 Å². The van der Waals surface area contributed by atoms with Crippen LogP contribution < -0.4 is 10.6 Å². The number of amides is 2. The van der Waals surface area contributed by atoms with E-state index in [4.69, 9.17) is 0 Å². The zero-order valence-corrected chi connectivity index (χ0v) is 16.2. The third-order valence-corrected chi connectivity index (χ3v) is 4.90. The molecule has 2 amide bonds. The van der Waals surface area contributed by atoms with Gasteiger partial charge in [-0.1, -0.05) is 29.3 Å². The minimum Gasteiger partial charge on any atom is -0.354 e. The Balaban J connectivity index is 1.71. The molecule has 1 aromatic rings. The van der Waals surface area contributed by atoms with E-state index >= 15 is 0 Å². The van der Waals surface area contributed by atoms with Crippen molar-refractivity contribution < 1.29 is 9.59 Å². The van der Waals surface area contributed by atoms with Crippen molar-refractivity contribution >= 4 is 17.5 Å². The second-order valence-corrected chi connectivity index (χ2v) is 7.15. The molecular formula is C21H31N3O2. The van der Waals surface area contributed by atoms with Crippen LogP contribution in [0.1, 0.15) is 44.6 Å². The lowest BCUT2D eigenvalue weighted by Gasteiger charge is -2.23. The Morgan fingerprint density at radius 1 is 1.19 bits per heavy atom. The molecule has 0 fully saturated rings. The number of anilines is 1. The van der Waals surface area contributed by atoms with Gasteiger partial charge in [-0.15, -0.1) is 0 Å². The smallest absolute Gasteiger partial charge is 0.238 e. The molecule has 0 heterocycles. The van der Waals surface area contributed by atoms with Gasteiger partial charge in [-0.2, -0.15) is 0 Å². The standard InChI is InChI=1S/C21H31N3O2/c1-16-9-11-19(12-10-16)23-20(25)15-24(3)17(2)21(26)22-14-13-18-7-5-4-6-8-18/h7,9-12,17H,4-6,8,13-15H2,1-3H3,(H,22,26)(H,23,25)/t17-/m1/s1. The highest BCUT2D eigenvalue weighted by Gasteiger charge is 2.20. The summed E-state index contributed by atoms with van der Waals surface area (Å²) in [6, 6.07) is 7.32. The molecule has 5 heteroatoms. The molecule has 0 saturated heterocycles. The Labute approximate surface area is 156 Å². The normalized spacial score (nSPS) is 15.3. The lowest BCUT2D eigenvalue weighted by Crippen LogP contribution is -2.46. The van der Waals surface area contributed by atoms with E-state index in [9.17, 15) is 9.59 Å². The first-order valence-electron chi connectivity index (χ1n) is 9.48. The summed E-state index contributed by atoms with van der Waals surface area (Å²) < 4.78 is 0. The molecule has 0 unspecified atom stereocenters. The number of carbonyl (C=O) groups is 2. The van der Waals surface area contributed by atoms with Crippen molar-refractivity contribution in [2.24, 2.45) is 0 Å². The molecule has 1 aromatic carbocycles. The Hall–Kier alpha value is -2.14. The van der Waals surface area contributed by atoms with Crippen molar-refractivity contribution in [1.82, 2.24) is 10.2 Å². The van der Waals surface area contributed by atoms with Gasteiger partial charge in [-0.25, -0.2) is 0 Å². The van der Waals surface area contributed by atoms with Crippen LogP contribution in [0.4, 0.5) is 5.69 Å². The van der Waals surface area contributed by atoms with Crippen LogP contribution in [0.25, 0.3) is 0 Å². The monoisotopic (exact) mass is 357 g/mol. The molecule has 0 saturated carbocycles. The number of carbonyl (C=O) groups excluding carboxylic acids is 2. The lowest BCUT2D eigenvalue weighted by atomic mass is 9.97. The summed E-state index contributed by atoms with van der Waals surface area (Å²) in [4.78, 5) is 26.2. The van der Waals surface area contributed by atoms with Crippen molar-refractivity contribution in [1.29, 1.82) is 0 Å². The highest BCUT2D eigenvalue weighted by atomic mass is 16.2. The lowest BCUT2D eigenvalue weighted by molar-refractivity contribution is -0.126. The van der Waals surface area contributed by atoms with Crippen LogP contribution in [0.3, 0.4) is 0 Å². The third-order valence-electron chi connectivity index (χ3n) is 4.90. The number of aryl methyl sites for hydroxylation is 1. The molecule has 0 radical (unpaired) electrons. The van der Waals surface area contributed by atoms with E-state index in [-0.39, 0.29) is 24.4 Å². The molecule has 0 aliphatic heterocycles. The van der Waals surface area contributed by atoms with Crippen molar-refractivity contribution in [3.05, 3.63) is 41.5 Å². The molecule has 1 aliphatic carbocycles. The van der Waals surface area contributed by atoms with E-state index < -0.39 is 0 Å². The number of allylic oxidation sites excluding steroid dienone is 1. The molecule has 2 N–H and O–H groups in total. The predicted molar refractivity (Wildman–Crippen MR) is 106 cm³/mol. The average molecular weight is 357 g/mol. The van der Waals surface area contributed by atoms with Crippen molar-refractivity contribution in [2.75, 3.05) is 25.5 Å². The molecule has 0 spiro atoms. The van der Waals surface area contributed by atoms with E-state index in [1.807, 2.05) is 38.1 Å². The molecule has 1 aliphatic rings. The minimum atomic E-state index is -0.348. The summed E-state index contributed by atoms with van der Waals surface area (Å²) in [5.41, 5.74) is 3.37. The summed E-state index contributed by atoms with van der Waals surface area (Å²) in [5, 5.41) is 5.85. The highest BCUT2D eigenvalue weighted by molar-refractivity contribution is 5.92. The summed E-state index contributed by atoms with van der Waals surface area (Å²) in [6.45, 7) is 4.67. The number of likely N-dealkylation sites (N-methyl/N-ethyl adjacent to an activating group) is 1. The maximum absolute atomic E-state index is 12.3. The van der Waals surface area contributed by atoms with Gasteiger partial charge in [0.15, 0.2) is 0 Å². The summed E-state index contributed by atoms with van der Waals surface area (Å²) >= 11 is 0. The zero-order chi connectivity index (χ0) is 18.9. The minimum absolute atomic E-state index is 0.0351. The first kappa shape index (κ1) is 20.2. The van der Waals surface area contributed by atoms with E-state index in [0.717, 1.165) is 24.1 Å². The summed E-state index contributed by atoms with van der Waals surface area (Å²) in [5.74, 6) is -0.157. The molecule has 26 heavy (non-hydrogen) atoms. The quantitative estimate of drug-likeness (QED) is 0.702. The topological polar surface area (TPSA) is 61.4 Å². The number of rotatable bonds is 8. The number of hydrogen-bond acceptors (Lipinski definition) is 3. The maximum Gasteiger partial charge on any atom is 0.238 e. The van der Waals surface area contributed by atoms with Gasteiger partial charge < -0.3 is 10.6 Å². The van der Waals surface area contributed by atoms with Crippen LogP contribution in [0.2, 0.25) is 0 Å². The van der Waals surface area contributed by atoms with Gasteiger partial charge in [0.25, 0.3) is 0 Å². The number of benzene rings is 1. The Morgan fingerprint density at radius 3 is 2.58 bits per heavy atom. The number of nitrogens with zero attached hydrogens (tertiary/aromatic N) is 1. The van der Waals surface area contributed by atoms with Gasteiger partial charge in [0.1, 0.15) is 0 Å². The predicted octanol–water partition coefficient (Wildman–Crippen LogP) is 3.26.